The van der Waals surface area contributed by atoms with E-state index in [1.54, 1.807) is 6.07 Å². The Morgan fingerprint density at radius 3 is 2.38 bits per heavy atom. The van der Waals surface area contributed by atoms with Crippen LogP contribution in [0.4, 0.5) is 4.39 Å². The first-order valence-electron chi connectivity index (χ1n) is 7.26. The Kier molecular flexibility index (Phi) is 5.82. The van der Waals surface area contributed by atoms with E-state index in [0.29, 0.717) is 7.69 Å². The van der Waals surface area contributed by atoms with Gasteiger partial charge in [0, 0.05) is 0 Å². The van der Waals surface area contributed by atoms with E-state index in [2.05, 4.69) is 23.7 Å². The molecule has 0 spiro atoms. The average Bonchev–Trinajstić information content (AvgIpc) is 2.50. The van der Waals surface area contributed by atoms with Crippen LogP contribution in [0.2, 0.25) is 0 Å². The fraction of sp³-hybridized carbons (Fsp3) is 0.294. The number of hydrogen-bond donors (Lipinski definition) is 1. The minimum absolute atomic E-state index is 0.0115. The van der Waals surface area contributed by atoms with Gasteiger partial charge in [-0.3, -0.25) is 0 Å². The van der Waals surface area contributed by atoms with Crippen LogP contribution >= 0.6 is 0 Å². The third-order valence-corrected chi connectivity index (χ3v) is 3.47. The molecule has 0 atom stereocenters. The molecule has 0 heterocycles. The van der Waals surface area contributed by atoms with Crippen LogP contribution in [0.3, 0.4) is 0 Å². The average molecular weight is 285 g/mol. The van der Waals surface area contributed by atoms with Crippen molar-refractivity contribution in [1.82, 2.24) is 0 Å². The highest BCUT2D eigenvalue weighted by Crippen LogP contribution is 2.26. The Balaban J connectivity index is 2.09. The molecule has 21 heavy (non-hydrogen) atoms. The molecular weight excluding hydrogens is 266 g/mol. The molecule has 0 aliphatic heterocycles. The third-order valence-electron chi connectivity index (χ3n) is 3.47. The molecule has 2 aromatic carbocycles. The SMILES string of the molecule is CCCCCc1ccc(-c2ccc(O[B]O)c(F)c2)cc1. The van der Waals surface area contributed by atoms with Crippen molar-refractivity contribution in [3.05, 3.63) is 53.8 Å². The summed E-state index contributed by atoms with van der Waals surface area (Å²) >= 11 is 0. The number of halogens is 1. The lowest BCUT2D eigenvalue weighted by Gasteiger charge is -2.07. The maximum absolute atomic E-state index is 13.8. The molecule has 1 N–H and O–H groups in total. The van der Waals surface area contributed by atoms with Gasteiger partial charge in [0.15, 0.2) is 5.82 Å². The Morgan fingerprint density at radius 1 is 1.05 bits per heavy atom. The highest BCUT2D eigenvalue weighted by molar-refractivity contribution is 6.17. The summed E-state index contributed by atoms with van der Waals surface area (Å²) in [5, 5.41) is 8.54. The number of rotatable bonds is 7. The van der Waals surface area contributed by atoms with Gasteiger partial charge in [0.2, 0.25) is 0 Å². The van der Waals surface area contributed by atoms with Crippen LogP contribution in [0.5, 0.6) is 5.75 Å². The summed E-state index contributed by atoms with van der Waals surface area (Å²) in [7, 11) is 0.475. The van der Waals surface area contributed by atoms with Crippen LogP contribution < -0.4 is 4.65 Å². The van der Waals surface area contributed by atoms with E-state index in [9.17, 15) is 4.39 Å². The third kappa shape index (κ3) is 4.33. The molecule has 109 valence electrons. The molecule has 4 heteroatoms. The van der Waals surface area contributed by atoms with Crippen molar-refractivity contribution in [2.75, 3.05) is 0 Å². The van der Waals surface area contributed by atoms with Gasteiger partial charge in [0.05, 0.1) is 0 Å². The number of benzene rings is 2. The molecule has 0 aliphatic rings. The lowest BCUT2D eigenvalue weighted by molar-refractivity contribution is 0.432. The van der Waals surface area contributed by atoms with Crippen LogP contribution in [-0.2, 0) is 6.42 Å². The van der Waals surface area contributed by atoms with Gasteiger partial charge < -0.3 is 9.68 Å². The van der Waals surface area contributed by atoms with Gasteiger partial charge in [0.25, 0.3) is 0 Å². The maximum Gasteiger partial charge on any atom is 0.569 e. The summed E-state index contributed by atoms with van der Waals surface area (Å²) in [4.78, 5) is 0. The van der Waals surface area contributed by atoms with Gasteiger partial charge in [-0.05, 0) is 41.7 Å². The molecule has 2 rings (SSSR count). The number of unbranched alkanes of at least 4 members (excludes halogenated alkanes) is 2. The summed E-state index contributed by atoms with van der Waals surface area (Å²) < 4.78 is 18.4. The molecule has 0 amide bonds. The predicted octanol–water partition coefficient (Wildman–Crippen LogP) is 4.13. The van der Waals surface area contributed by atoms with Crippen molar-refractivity contribution in [1.29, 1.82) is 0 Å². The molecule has 2 nitrogen and oxygen atoms in total. The van der Waals surface area contributed by atoms with Crippen LogP contribution in [0.25, 0.3) is 11.1 Å². The van der Waals surface area contributed by atoms with Gasteiger partial charge in [-0.2, -0.15) is 0 Å². The second kappa shape index (κ2) is 7.84. The minimum atomic E-state index is -0.496. The Morgan fingerprint density at radius 2 is 1.76 bits per heavy atom. The zero-order chi connectivity index (χ0) is 15.1. The molecule has 2 aromatic rings. The zero-order valence-electron chi connectivity index (χ0n) is 12.2. The van der Waals surface area contributed by atoms with E-state index >= 15 is 0 Å². The first-order valence-corrected chi connectivity index (χ1v) is 7.26. The fourth-order valence-electron chi connectivity index (χ4n) is 2.28. The molecule has 0 aromatic heterocycles. The molecule has 0 saturated carbocycles. The smallest absolute Gasteiger partial charge is 0.535 e. The van der Waals surface area contributed by atoms with Crippen LogP contribution in [-0.4, -0.2) is 12.7 Å². The second-order valence-electron chi connectivity index (χ2n) is 5.02. The van der Waals surface area contributed by atoms with Crippen LogP contribution in [0.15, 0.2) is 42.5 Å². The van der Waals surface area contributed by atoms with E-state index in [1.807, 2.05) is 12.1 Å². The Labute approximate surface area is 125 Å². The predicted molar refractivity (Wildman–Crippen MR) is 83.7 cm³/mol. The largest absolute Gasteiger partial charge is 0.569 e. The fourth-order valence-corrected chi connectivity index (χ4v) is 2.28. The van der Waals surface area contributed by atoms with E-state index in [1.165, 1.54) is 37.0 Å². The minimum Gasteiger partial charge on any atom is -0.535 e. The summed E-state index contributed by atoms with van der Waals surface area (Å²) in [5.74, 6) is -0.484. The van der Waals surface area contributed by atoms with E-state index in [4.69, 9.17) is 5.02 Å². The monoisotopic (exact) mass is 285 g/mol. The normalized spacial score (nSPS) is 10.4. The van der Waals surface area contributed by atoms with Gasteiger partial charge in [-0.15, -0.1) is 0 Å². The topological polar surface area (TPSA) is 29.5 Å². The van der Waals surface area contributed by atoms with E-state index < -0.39 is 5.82 Å². The lowest BCUT2D eigenvalue weighted by atomic mass is 10.0. The Bertz CT molecular complexity index is 570. The van der Waals surface area contributed by atoms with Crippen molar-refractivity contribution in [2.45, 2.75) is 32.6 Å². The molecular formula is C17H19BFO2. The highest BCUT2D eigenvalue weighted by Gasteiger charge is 2.06. The molecule has 0 aliphatic carbocycles. The summed E-state index contributed by atoms with van der Waals surface area (Å²) in [6, 6.07) is 12.9. The molecule has 1 radical (unpaired) electrons. The lowest BCUT2D eigenvalue weighted by Crippen LogP contribution is -2.01. The van der Waals surface area contributed by atoms with E-state index in [0.717, 1.165) is 17.5 Å². The molecule has 0 saturated heterocycles. The molecule has 0 bridgehead atoms. The number of aryl methyl sites for hydroxylation is 1. The van der Waals surface area contributed by atoms with Gasteiger partial charge in [0.1, 0.15) is 5.75 Å². The van der Waals surface area contributed by atoms with Crippen molar-refractivity contribution >= 4 is 7.69 Å². The van der Waals surface area contributed by atoms with Crippen molar-refractivity contribution in [3.63, 3.8) is 0 Å². The summed E-state index contributed by atoms with van der Waals surface area (Å²) in [5.41, 5.74) is 3.06. The molecule has 0 unspecified atom stereocenters. The van der Waals surface area contributed by atoms with Crippen molar-refractivity contribution < 1.29 is 14.1 Å². The Hall–Kier alpha value is -1.81. The second-order valence-corrected chi connectivity index (χ2v) is 5.02. The van der Waals surface area contributed by atoms with Crippen LogP contribution in [0, 0.1) is 5.82 Å². The molecule has 0 fully saturated rings. The quantitative estimate of drug-likeness (QED) is 0.612. The highest BCUT2D eigenvalue weighted by atomic mass is 19.1. The van der Waals surface area contributed by atoms with E-state index in [-0.39, 0.29) is 5.75 Å². The first-order chi connectivity index (χ1) is 10.2. The van der Waals surface area contributed by atoms with Gasteiger partial charge >= 0.3 is 7.69 Å². The van der Waals surface area contributed by atoms with Gasteiger partial charge in [-0.25, -0.2) is 4.39 Å². The van der Waals surface area contributed by atoms with Gasteiger partial charge in [-0.1, -0.05) is 50.1 Å². The van der Waals surface area contributed by atoms with Crippen LogP contribution in [0.1, 0.15) is 31.7 Å². The first kappa shape index (κ1) is 15.6. The number of hydrogen-bond acceptors (Lipinski definition) is 2. The van der Waals surface area contributed by atoms with Crippen molar-refractivity contribution in [2.24, 2.45) is 0 Å². The summed E-state index contributed by atoms with van der Waals surface area (Å²) in [6.45, 7) is 2.19. The van der Waals surface area contributed by atoms with Crippen molar-refractivity contribution in [3.8, 4) is 16.9 Å². The maximum atomic E-state index is 13.8. The standard InChI is InChI=1S/C17H19BFO2/c1-2-3-4-5-13-6-8-14(9-7-13)15-10-11-17(21-18-20)16(19)12-15/h6-12,20H,2-5H2,1H3. The zero-order valence-corrected chi connectivity index (χ0v) is 12.2. The summed E-state index contributed by atoms with van der Waals surface area (Å²) in [6.07, 6.45) is 4.75.